The molecule has 1 unspecified atom stereocenters. The average molecular weight is 488 g/mol. The van der Waals surface area contributed by atoms with Gasteiger partial charge in [-0.2, -0.15) is 4.31 Å². The lowest BCUT2D eigenvalue weighted by atomic mass is 10.0. The maximum atomic E-state index is 13.9. The number of nitrogens with one attached hydrogen (secondary N) is 1. The number of fused-ring (bicyclic) bond motifs is 3. The van der Waals surface area contributed by atoms with Crippen LogP contribution in [-0.2, 0) is 27.6 Å². The van der Waals surface area contributed by atoms with Crippen molar-refractivity contribution in [1.29, 1.82) is 0 Å². The van der Waals surface area contributed by atoms with Gasteiger partial charge in [0.15, 0.2) is 5.13 Å². The fourth-order valence-corrected chi connectivity index (χ4v) is 7.38. The van der Waals surface area contributed by atoms with Crippen molar-refractivity contribution in [3.8, 4) is 11.3 Å². The monoisotopic (exact) mass is 487 g/mol. The van der Waals surface area contributed by atoms with Crippen LogP contribution in [0.25, 0.3) is 11.3 Å². The topological polar surface area (TPSA) is 71.5 Å². The van der Waals surface area contributed by atoms with Crippen LogP contribution in [0.2, 0.25) is 0 Å². The summed E-state index contributed by atoms with van der Waals surface area (Å²) in [6.45, 7) is 0.920. The Morgan fingerprint density at radius 2 is 2.00 bits per heavy atom. The highest BCUT2D eigenvalue weighted by atomic mass is 32.2. The van der Waals surface area contributed by atoms with E-state index in [-0.39, 0.29) is 16.8 Å². The normalized spacial score (nSPS) is 18.5. The second-order valence-electron chi connectivity index (χ2n) is 8.46. The molecule has 3 aromatic rings. The Hall–Kier alpha value is -2.33. The van der Waals surface area contributed by atoms with Gasteiger partial charge in [0, 0.05) is 35.8 Å². The molecule has 1 aliphatic carbocycles. The number of ether oxygens (including phenoxy) is 1. The molecular weight excluding hydrogens is 461 g/mol. The highest BCUT2D eigenvalue weighted by Crippen LogP contribution is 2.38. The minimum atomic E-state index is -3.57. The molecular formula is C24H26FN3O3S2. The minimum absolute atomic E-state index is 0.115. The van der Waals surface area contributed by atoms with E-state index in [0.29, 0.717) is 18.3 Å². The molecule has 1 aliphatic heterocycles. The lowest BCUT2D eigenvalue weighted by molar-refractivity contribution is 0.149. The minimum Gasteiger partial charge on any atom is -0.383 e. The first-order valence-corrected chi connectivity index (χ1v) is 13.4. The number of benzene rings is 2. The summed E-state index contributed by atoms with van der Waals surface area (Å²) in [7, 11) is -1.97. The summed E-state index contributed by atoms with van der Waals surface area (Å²) < 4.78 is 46.9. The van der Waals surface area contributed by atoms with Gasteiger partial charge in [-0.1, -0.05) is 6.07 Å². The molecule has 5 rings (SSSR count). The first-order valence-electron chi connectivity index (χ1n) is 11.1. The lowest BCUT2D eigenvalue weighted by Crippen LogP contribution is -2.38. The van der Waals surface area contributed by atoms with Crippen LogP contribution in [0.5, 0.6) is 0 Å². The molecule has 1 aromatic heterocycles. The van der Waals surface area contributed by atoms with Gasteiger partial charge in [-0.05, 0) is 74.1 Å². The molecule has 1 atom stereocenters. The maximum absolute atomic E-state index is 13.9. The van der Waals surface area contributed by atoms with Crippen molar-refractivity contribution < 1.29 is 17.5 Å². The molecule has 0 spiro atoms. The molecule has 9 heteroatoms. The van der Waals surface area contributed by atoms with Crippen molar-refractivity contribution in [2.24, 2.45) is 0 Å². The van der Waals surface area contributed by atoms with Gasteiger partial charge in [0.2, 0.25) is 10.0 Å². The number of thiazole rings is 1. The Morgan fingerprint density at radius 1 is 1.18 bits per heavy atom. The maximum Gasteiger partial charge on any atom is 0.243 e. The zero-order chi connectivity index (χ0) is 23.0. The largest absolute Gasteiger partial charge is 0.383 e. The predicted molar refractivity (Wildman–Crippen MR) is 128 cm³/mol. The summed E-state index contributed by atoms with van der Waals surface area (Å²) in [5.41, 5.74) is 3.58. The van der Waals surface area contributed by atoms with E-state index in [4.69, 9.17) is 9.72 Å². The van der Waals surface area contributed by atoms with Crippen molar-refractivity contribution >= 4 is 32.2 Å². The van der Waals surface area contributed by atoms with Crippen LogP contribution >= 0.6 is 11.3 Å². The van der Waals surface area contributed by atoms with E-state index in [1.807, 2.05) is 6.07 Å². The van der Waals surface area contributed by atoms with E-state index in [0.717, 1.165) is 59.5 Å². The number of nitrogens with zero attached hydrogens (tertiary/aromatic N) is 2. The second-order valence-corrected chi connectivity index (χ2v) is 11.4. The number of aromatic nitrogens is 1. The molecule has 2 aromatic carbocycles. The van der Waals surface area contributed by atoms with E-state index < -0.39 is 10.0 Å². The number of methoxy groups -OCH3 is 1. The van der Waals surface area contributed by atoms with Gasteiger partial charge in [0.25, 0.3) is 0 Å². The van der Waals surface area contributed by atoms with Gasteiger partial charge < -0.3 is 10.1 Å². The van der Waals surface area contributed by atoms with Gasteiger partial charge in [-0.3, -0.25) is 0 Å². The van der Waals surface area contributed by atoms with Crippen LogP contribution in [0.15, 0.2) is 47.4 Å². The number of rotatable bonds is 6. The first-order chi connectivity index (χ1) is 16.0. The molecule has 0 saturated carbocycles. The summed E-state index contributed by atoms with van der Waals surface area (Å²) in [6, 6.07) is 11.6. The molecule has 0 amide bonds. The fraction of sp³-hybridized carbons (Fsp3) is 0.375. The third-order valence-corrected chi connectivity index (χ3v) is 9.27. The lowest BCUT2D eigenvalue weighted by Gasteiger charge is -2.23. The van der Waals surface area contributed by atoms with Crippen LogP contribution in [0.1, 0.15) is 29.7 Å². The molecule has 174 valence electrons. The van der Waals surface area contributed by atoms with Crippen molar-refractivity contribution in [2.45, 2.75) is 43.0 Å². The third-order valence-electron chi connectivity index (χ3n) is 6.27. The van der Waals surface area contributed by atoms with Crippen LogP contribution in [0.3, 0.4) is 0 Å². The van der Waals surface area contributed by atoms with E-state index in [9.17, 15) is 12.8 Å². The van der Waals surface area contributed by atoms with Crippen LogP contribution in [0.4, 0.5) is 15.2 Å². The molecule has 1 saturated heterocycles. The van der Waals surface area contributed by atoms with E-state index in [1.165, 1.54) is 6.07 Å². The molecule has 33 heavy (non-hydrogen) atoms. The molecule has 2 heterocycles. The Labute approximate surface area is 197 Å². The number of aryl methyl sites for hydroxylation is 2. The van der Waals surface area contributed by atoms with E-state index in [2.05, 4.69) is 5.32 Å². The van der Waals surface area contributed by atoms with Crippen molar-refractivity contribution in [3.05, 3.63) is 58.7 Å². The smallest absolute Gasteiger partial charge is 0.243 e. The Bertz CT molecular complexity index is 1260. The Kier molecular flexibility index (Phi) is 6.22. The number of halogens is 1. The molecule has 1 N–H and O–H groups in total. The molecule has 2 aliphatic rings. The van der Waals surface area contributed by atoms with Gasteiger partial charge in [0.1, 0.15) is 5.82 Å². The Morgan fingerprint density at radius 3 is 2.79 bits per heavy atom. The second kappa shape index (κ2) is 9.13. The van der Waals surface area contributed by atoms with Crippen molar-refractivity contribution in [1.82, 2.24) is 9.29 Å². The SMILES string of the molecule is COCC1CCCN1S(=O)(=O)c1ccc(Nc2nc3c(s2)CCCc2ccc(F)cc2-3)cc1. The van der Waals surface area contributed by atoms with Gasteiger partial charge in [-0.15, -0.1) is 11.3 Å². The molecule has 6 nitrogen and oxygen atoms in total. The molecule has 0 radical (unpaired) electrons. The average Bonchev–Trinajstić information content (AvgIpc) is 3.39. The van der Waals surface area contributed by atoms with E-state index >= 15 is 0 Å². The number of sulfonamides is 1. The summed E-state index contributed by atoms with van der Waals surface area (Å²) in [6.07, 6.45) is 4.48. The van der Waals surface area contributed by atoms with Crippen molar-refractivity contribution in [3.63, 3.8) is 0 Å². The summed E-state index contributed by atoms with van der Waals surface area (Å²) in [5.74, 6) is -0.258. The number of anilines is 2. The first kappa shape index (κ1) is 22.5. The van der Waals surface area contributed by atoms with Crippen molar-refractivity contribution in [2.75, 3.05) is 25.6 Å². The zero-order valence-electron chi connectivity index (χ0n) is 18.4. The number of hydrogen-bond donors (Lipinski definition) is 1. The number of hydrogen-bond acceptors (Lipinski definition) is 6. The Balaban J connectivity index is 1.36. The van der Waals surface area contributed by atoms with Gasteiger partial charge >= 0.3 is 0 Å². The van der Waals surface area contributed by atoms with Crippen LogP contribution in [-0.4, -0.2) is 44.0 Å². The van der Waals surface area contributed by atoms with Gasteiger partial charge in [0.05, 0.1) is 17.2 Å². The van der Waals surface area contributed by atoms with Crippen LogP contribution < -0.4 is 5.32 Å². The van der Waals surface area contributed by atoms with Gasteiger partial charge in [-0.25, -0.2) is 17.8 Å². The summed E-state index contributed by atoms with van der Waals surface area (Å²) >= 11 is 1.56. The van der Waals surface area contributed by atoms with Crippen LogP contribution in [0, 0.1) is 5.82 Å². The summed E-state index contributed by atoms with van der Waals surface area (Å²) in [4.78, 5) is 6.17. The molecule has 1 fully saturated rings. The third kappa shape index (κ3) is 4.42. The predicted octanol–water partition coefficient (Wildman–Crippen LogP) is 4.98. The highest BCUT2D eigenvalue weighted by molar-refractivity contribution is 7.89. The van der Waals surface area contributed by atoms with E-state index in [1.54, 1.807) is 53.1 Å². The molecule has 0 bridgehead atoms. The highest BCUT2D eigenvalue weighted by Gasteiger charge is 2.35. The quantitative estimate of drug-likeness (QED) is 0.531. The zero-order valence-corrected chi connectivity index (χ0v) is 20.0. The summed E-state index contributed by atoms with van der Waals surface area (Å²) in [5, 5.41) is 4.00. The standard InChI is InChI=1S/C24H26FN3O3S2/c1-31-15-19-5-3-13-28(19)33(29,30)20-11-9-18(10-12-20)26-24-27-23-21-14-17(25)8-7-16(21)4-2-6-22(23)32-24/h7-12,14,19H,2-6,13,15H2,1H3,(H,26,27). The fourth-order valence-electron chi connectivity index (χ4n) is 4.67.